The Balaban J connectivity index is 1.44. The Hall–Kier alpha value is -2.25. The number of carbonyl (C=O) groups is 2. The molecular weight excluding hydrogens is 372 g/mol. The normalized spacial score (nSPS) is 19.8. The van der Waals surface area contributed by atoms with Crippen LogP contribution in [-0.4, -0.2) is 41.3 Å². The Bertz CT molecular complexity index is 923. The van der Waals surface area contributed by atoms with Crippen molar-refractivity contribution in [2.75, 3.05) is 29.9 Å². The highest BCUT2D eigenvalue weighted by Gasteiger charge is 2.36. The highest BCUT2D eigenvalue weighted by Crippen LogP contribution is 2.32. The summed E-state index contributed by atoms with van der Waals surface area (Å²) in [6, 6.07) is 5.94. The van der Waals surface area contributed by atoms with Gasteiger partial charge in [-0.2, -0.15) is 0 Å². The number of carbonyl (C=O) groups excluding carboxylic acids is 2. The molecule has 1 N–H and O–H groups in total. The zero-order valence-corrected chi connectivity index (χ0v) is 17.4. The first-order valence-corrected chi connectivity index (χ1v) is 10.7. The second-order valence-electron chi connectivity index (χ2n) is 7.62. The Morgan fingerprint density at radius 1 is 1.36 bits per heavy atom. The maximum Gasteiger partial charge on any atom is 0.231 e. The molecule has 1 aromatic carbocycles. The molecule has 4 rings (SSSR count). The molecule has 0 saturated carbocycles. The van der Waals surface area contributed by atoms with Crippen molar-refractivity contribution >= 4 is 34.0 Å². The van der Waals surface area contributed by atoms with Crippen molar-refractivity contribution in [1.82, 2.24) is 9.88 Å². The molecule has 3 heterocycles. The van der Waals surface area contributed by atoms with Gasteiger partial charge in [0.1, 0.15) is 0 Å². The van der Waals surface area contributed by atoms with Crippen LogP contribution in [0.1, 0.15) is 35.0 Å². The van der Waals surface area contributed by atoms with Gasteiger partial charge in [0.25, 0.3) is 0 Å². The number of rotatable bonds is 4. The smallest absolute Gasteiger partial charge is 0.231 e. The van der Waals surface area contributed by atoms with Gasteiger partial charge >= 0.3 is 0 Å². The predicted molar refractivity (Wildman–Crippen MR) is 112 cm³/mol. The lowest BCUT2D eigenvalue weighted by molar-refractivity contribution is -0.122. The summed E-state index contributed by atoms with van der Waals surface area (Å²) in [7, 11) is 0. The number of nitrogens with zero attached hydrogens (tertiary/aromatic N) is 3. The minimum atomic E-state index is -0.347. The van der Waals surface area contributed by atoms with Crippen molar-refractivity contribution in [1.29, 1.82) is 0 Å². The molecule has 0 spiro atoms. The number of amides is 2. The third-order valence-electron chi connectivity index (χ3n) is 5.85. The van der Waals surface area contributed by atoms with Crippen molar-refractivity contribution in [3.63, 3.8) is 0 Å². The van der Waals surface area contributed by atoms with Crippen LogP contribution in [0.4, 0.5) is 10.8 Å². The van der Waals surface area contributed by atoms with E-state index in [0.717, 1.165) is 48.6 Å². The number of aromatic nitrogens is 1. The van der Waals surface area contributed by atoms with Crippen LogP contribution < -0.4 is 10.2 Å². The number of likely N-dealkylation sites (N-methyl/N-ethyl adjacent to an activating group) is 1. The second-order valence-corrected chi connectivity index (χ2v) is 8.70. The molecule has 0 radical (unpaired) electrons. The molecule has 1 aromatic heterocycles. The van der Waals surface area contributed by atoms with Crippen LogP contribution in [0.3, 0.4) is 0 Å². The van der Waals surface area contributed by atoms with E-state index in [2.05, 4.69) is 22.1 Å². The lowest BCUT2D eigenvalue weighted by Crippen LogP contribution is -2.29. The molecular formula is C21H26N4O2S. The summed E-state index contributed by atoms with van der Waals surface area (Å²) in [4.78, 5) is 35.3. The van der Waals surface area contributed by atoms with Gasteiger partial charge in [0.15, 0.2) is 5.13 Å². The van der Waals surface area contributed by atoms with E-state index < -0.39 is 0 Å². The summed E-state index contributed by atoms with van der Waals surface area (Å²) in [6.45, 7) is 9.58. The van der Waals surface area contributed by atoms with Gasteiger partial charge in [-0.25, -0.2) is 4.98 Å². The molecule has 1 atom stereocenters. The number of nitrogens with one attached hydrogen (secondary N) is 1. The van der Waals surface area contributed by atoms with Crippen LogP contribution in [0.15, 0.2) is 18.2 Å². The van der Waals surface area contributed by atoms with Crippen LogP contribution in [-0.2, 0) is 22.6 Å². The maximum absolute atomic E-state index is 12.8. The van der Waals surface area contributed by atoms with E-state index in [1.807, 2.05) is 32.0 Å². The zero-order chi connectivity index (χ0) is 19.8. The number of hydrogen-bond donors (Lipinski definition) is 1. The first-order valence-electron chi connectivity index (χ1n) is 9.84. The molecule has 0 bridgehead atoms. The predicted octanol–water partition coefficient (Wildman–Crippen LogP) is 3.13. The monoisotopic (exact) mass is 398 g/mol. The molecule has 1 saturated heterocycles. The highest BCUT2D eigenvalue weighted by molar-refractivity contribution is 7.15. The quantitative estimate of drug-likeness (QED) is 0.859. The van der Waals surface area contributed by atoms with Gasteiger partial charge in [0.05, 0.1) is 11.6 Å². The average molecular weight is 399 g/mol. The average Bonchev–Trinajstić information content (AvgIpc) is 3.26. The van der Waals surface area contributed by atoms with Crippen LogP contribution >= 0.6 is 11.3 Å². The first-order chi connectivity index (χ1) is 13.5. The van der Waals surface area contributed by atoms with E-state index in [9.17, 15) is 9.59 Å². The van der Waals surface area contributed by atoms with E-state index in [4.69, 9.17) is 0 Å². The van der Waals surface area contributed by atoms with E-state index in [-0.39, 0.29) is 24.2 Å². The van der Waals surface area contributed by atoms with Gasteiger partial charge in [-0.15, -0.1) is 11.3 Å². The lowest BCUT2D eigenvalue weighted by atomic mass is 10.1. The van der Waals surface area contributed by atoms with Crippen LogP contribution in [0.2, 0.25) is 0 Å². The van der Waals surface area contributed by atoms with Crippen molar-refractivity contribution < 1.29 is 9.59 Å². The first kappa shape index (κ1) is 19.1. The summed E-state index contributed by atoms with van der Waals surface area (Å²) < 4.78 is 0. The molecule has 1 unspecified atom stereocenters. The minimum absolute atomic E-state index is 0.00544. The summed E-state index contributed by atoms with van der Waals surface area (Å²) in [5, 5.41) is 3.62. The molecule has 6 nitrogen and oxygen atoms in total. The summed E-state index contributed by atoms with van der Waals surface area (Å²) in [5.74, 6) is -0.453. The van der Waals surface area contributed by atoms with Crippen LogP contribution in [0.25, 0.3) is 0 Å². The fourth-order valence-electron chi connectivity index (χ4n) is 3.92. The number of thiazole rings is 1. The molecule has 1 fully saturated rings. The third kappa shape index (κ3) is 3.56. The van der Waals surface area contributed by atoms with Gasteiger partial charge in [0, 0.05) is 43.0 Å². The van der Waals surface area contributed by atoms with E-state index in [0.29, 0.717) is 11.7 Å². The van der Waals surface area contributed by atoms with Crippen molar-refractivity contribution in [3.8, 4) is 0 Å². The van der Waals surface area contributed by atoms with Gasteiger partial charge in [0.2, 0.25) is 11.8 Å². The number of hydrogen-bond acceptors (Lipinski definition) is 5. The van der Waals surface area contributed by atoms with E-state index in [1.165, 1.54) is 4.88 Å². The minimum Gasteiger partial charge on any atom is -0.311 e. The van der Waals surface area contributed by atoms with Gasteiger partial charge < -0.3 is 10.2 Å². The molecule has 28 heavy (non-hydrogen) atoms. The second kappa shape index (κ2) is 7.64. The fourth-order valence-corrected chi connectivity index (χ4v) is 4.98. The van der Waals surface area contributed by atoms with Gasteiger partial charge in [-0.05, 0) is 37.6 Å². The van der Waals surface area contributed by atoms with Gasteiger partial charge in [-0.3, -0.25) is 14.5 Å². The maximum atomic E-state index is 12.8. The Morgan fingerprint density at radius 2 is 2.18 bits per heavy atom. The molecule has 2 amide bonds. The Morgan fingerprint density at radius 3 is 2.96 bits per heavy atom. The highest BCUT2D eigenvalue weighted by atomic mass is 32.1. The number of fused-ring (bicyclic) bond motifs is 1. The van der Waals surface area contributed by atoms with E-state index in [1.54, 1.807) is 16.2 Å². The van der Waals surface area contributed by atoms with E-state index >= 15 is 0 Å². The molecule has 0 aliphatic carbocycles. The standard InChI is InChI=1S/C21H26N4O2S/c1-4-24-9-8-16-18(12-24)28-21(22-16)23-20(27)15-10-19(26)25(11-15)17-7-5-6-13(2)14(17)3/h5-7,15H,4,8-12H2,1-3H3,(H,22,23,27). The Kier molecular flexibility index (Phi) is 5.21. The van der Waals surface area contributed by atoms with Crippen LogP contribution in [0.5, 0.6) is 0 Å². The Labute approximate surface area is 169 Å². The third-order valence-corrected chi connectivity index (χ3v) is 6.85. The summed E-state index contributed by atoms with van der Waals surface area (Å²) >= 11 is 1.56. The van der Waals surface area contributed by atoms with Crippen molar-refractivity contribution in [2.24, 2.45) is 5.92 Å². The fraction of sp³-hybridized carbons (Fsp3) is 0.476. The van der Waals surface area contributed by atoms with Gasteiger partial charge in [-0.1, -0.05) is 19.1 Å². The topological polar surface area (TPSA) is 65.5 Å². The molecule has 148 valence electrons. The van der Waals surface area contributed by atoms with Crippen molar-refractivity contribution in [3.05, 3.63) is 39.9 Å². The van der Waals surface area contributed by atoms with Crippen LogP contribution in [0, 0.1) is 19.8 Å². The SMILES string of the molecule is CCN1CCc2nc(NC(=O)C3CC(=O)N(c4cccc(C)c4C)C3)sc2C1. The number of anilines is 2. The number of aryl methyl sites for hydroxylation is 1. The molecule has 2 aromatic rings. The number of benzene rings is 1. The zero-order valence-electron chi connectivity index (χ0n) is 16.6. The molecule has 7 heteroatoms. The largest absolute Gasteiger partial charge is 0.311 e. The van der Waals surface area contributed by atoms with Crippen molar-refractivity contribution in [2.45, 2.75) is 40.2 Å². The molecule has 2 aliphatic rings. The lowest BCUT2D eigenvalue weighted by Gasteiger charge is -2.23. The summed E-state index contributed by atoms with van der Waals surface area (Å²) in [5.41, 5.74) is 4.24. The summed E-state index contributed by atoms with van der Waals surface area (Å²) in [6.07, 6.45) is 1.17. The molecule has 2 aliphatic heterocycles.